The van der Waals surface area contributed by atoms with E-state index in [0.29, 0.717) is 0 Å². The van der Waals surface area contributed by atoms with Gasteiger partial charge in [0, 0.05) is 40.1 Å². The molecule has 2 heterocycles. The van der Waals surface area contributed by atoms with Crippen LogP contribution >= 0.6 is 11.3 Å². The Hall–Kier alpha value is -2.97. The quantitative estimate of drug-likeness (QED) is 0.203. The predicted molar refractivity (Wildman–Crippen MR) is 168 cm³/mol. The first-order valence-corrected chi connectivity index (χ1v) is 15.7. The van der Waals surface area contributed by atoms with Crippen LogP contribution in [0.5, 0.6) is 0 Å². The minimum Gasteiger partial charge on any atom is -0.201 e. The molecular weight excluding hydrogens is 490 g/mol. The molecule has 0 radical (unpaired) electrons. The van der Waals surface area contributed by atoms with Crippen molar-refractivity contribution in [3.63, 3.8) is 0 Å². The lowest BCUT2D eigenvalue weighted by molar-refractivity contribution is -0.660. The second-order valence-electron chi connectivity index (χ2n) is 11.8. The first-order chi connectivity index (χ1) is 19.8. The molecule has 2 aliphatic rings. The normalized spacial score (nSPS) is 19.6. The zero-order valence-electron chi connectivity index (χ0n) is 25.4. The predicted octanol–water partition coefficient (Wildman–Crippen LogP) is 10.6. The van der Waals surface area contributed by atoms with Crippen LogP contribution in [-0.2, 0) is 7.05 Å². The molecule has 5 aromatic rings. The molecule has 0 atom stereocenters. The van der Waals surface area contributed by atoms with E-state index in [0.717, 1.165) is 56.9 Å². The number of thiophene rings is 1. The smallest absolute Gasteiger partial charge is 0.201 e. The highest BCUT2D eigenvalue weighted by Gasteiger charge is 2.25. The number of nitrogens with zero attached hydrogens (tertiary/aromatic N) is 1. The second kappa shape index (κ2) is 10.5. The van der Waals surface area contributed by atoms with Gasteiger partial charge < -0.3 is 0 Å². The average molecular weight is 533 g/mol. The molecule has 0 aliphatic heterocycles. The molecule has 0 saturated heterocycles. The van der Waals surface area contributed by atoms with Crippen molar-refractivity contribution in [2.75, 3.05) is 0 Å². The van der Waals surface area contributed by atoms with Gasteiger partial charge in [0.2, 0.25) is 5.69 Å². The van der Waals surface area contributed by atoms with E-state index >= 15 is 0 Å². The number of fused-ring (bicyclic) bond motifs is 3. The number of aryl methyl sites for hydroxylation is 2. The van der Waals surface area contributed by atoms with Crippen molar-refractivity contribution in [3.05, 3.63) is 89.6 Å². The van der Waals surface area contributed by atoms with Gasteiger partial charge >= 0.3 is 0 Å². The molecule has 7 rings (SSSR count). The molecular formula is C37H40NS+. The maximum absolute atomic E-state index is 9.63. The summed E-state index contributed by atoms with van der Waals surface area (Å²) in [5, 5.41) is 2.59. The molecule has 0 bridgehead atoms. The summed E-state index contributed by atoms with van der Waals surface area (Å²) in [6.45, 7) is 2.18. The molecule has 0 spiro atoms. The van der Waals surface area contributed by atoms with E-state index in [2.05, 4.69) is 91.5 Å². The lowest BCUT2D eigenvalue weighted by atomic mass is 9.81. The first kappa shape index (κ1) is 22.8. The Morgan fingerprint density at radius 3 is 2.13 bits per heavy atom. The van der Waals surface area contributed by atoms with E-state index in [1.807, 2.05) is 11.3 Å². The molecule has 2 fully saturated rings. The Morgan fingerprint density at radius 1 is 0.718 bits per heavy atom. The van der Waals surface area contributed by atoms with Crippen LogP contribution in [0.2, 0.25) is 0 Å². The number of benzene rings is 3. The Kier molecular flexibility index (Phi) is 6.17. The lowest BCUT2D eigenvalue weighted by Crippen LogP contribution is -2.32. The highest BCUT2D eigenvalue weighted by atomic mass is 32.1. The van der Waals surface area contributed by atoms with Crippen LogP contribution in [0.1, 0.15) is 95.4 Å². The van der Waals surface area contributed by atoms with Crippen molar-refractivity contribution < 1.29 is 7.31 Å². The van der Waals surface area contributed by atoms with Crippen molar-refractivity contribution >= 4 is 31.5 Å². The van der Waals surface area contributed by atoms with Crippen molar-refractivity contribution in [2.24, 2.45) is 7.05 Å². The van der Waals surface area contributed by atoms with Crippen molar-refractivity contribution in [3.8, 4) is 22.4 Å². The van der Waals surface area contributed by atoms with E-state index in [4.69, 9.17) is 1.37 Å². The van der Waals surface area contributed by atoms with Gasteiger partial charge in [-0.3, -0.25) is 0 Å². The highest BCUT2D eigenvalue weighted by Crippen LogP contribution is 2.43. The number of hydrogen-bond donors (Lipinski definition) is 0. The minimum absolute atomic E-state index is 0.434. The molecule has 1 nitrogen and oxygen atoms in total. The molecule has 2 heteroatoms. The number of hydrogen-bond acceptors (Lipinski definition) is 1. The second-order valence-corrected chi connectivity index (χ2v) is 12.8. The molecule has 2 saturated carbocycles. The summed E-state index contributed by atoms with van der Waals surface area (Å²) >= 11 is 1.86. The van der Waals surface area contributed by atoms with Crippen LogP contribution in [0.4, 0.5) is 0 Å². The molecule has 2 aliphatic carbocycles. The van der Waals surface area contributed by atoms with Crippen LogP contribution in [-0.4, -0.2) is 0 Å². The summed E-state index contributed by atoms with van der Waals surface area (Å²) < 4.78 is 23.6. The summed E-state index contributed by atoms with van der Waals surface area (Å²) in [5.74, 6) is -0.987. The highest BCUT2D eigenvalue weighted by molar-refractivity contribution is 7.25. The maximum atomic E-state index is 9.63. The summed E-state index contributed by atoms with van der Waals surface area (Å²) in [7, 11) is 2.14. The molecule has 0 N–H and O–H groups in total. The van der Waals surface area contributed by atoms with Gasteiger partial charge in [0.25, 0.3) is 0 Å². The zero-order chi connectivity index (χ0) is 28.2. The Morgan fingerprint density at radius 2 is 1.38 bits per heavy atom. The standard InChI is InChI=1S/C37H40NS/c1-25-11-9-10-16-30(25)35-23-33(34(24-38(35)2)27-14-7-4-8-15-27)29-18-20-32-31-19-17-28(26-12-5-3-6-13-26)21-36(31)39-37(32)22-29/h9-11,16-24,26-27H,3-8,12-15H2,1-2H3/q+1/i26D,27D. The fraction of sp³-hybridized carbons (Fsp3) is 0.378. The van der Waals surface area contributed by atoms with E-state index in [-0.39, 0.29) is 0 Å². The fourth-order valence-electron chi connectivity index (χ4n) is 6.98. The topological polar surface area (TPSA) is 3.88 Å². The van der Waals surface area contributed by atoms with E-state index < -0.39 is 11.8 Å². The first-order valence-electron chi connectivity index (χ1n) is 15.9. The monoisotopic (exact) mass is 532 g/mol. The number of aromatic nitrogens is 1. The number of pyridine rings is 1. The van der Waals surface area contributed by atoms with Gasteiger partial charge in [-0.05, 0) is 84.8 Å². The van der Waals surface area contributed by atoms with Gasteiger partial charge in [0.05, 0.1) is 0 Å². The molecule has 39 heavy (non-hydrogen) atoms. The largest absolute Gasteiger partial charge is 0.213 e. The zero-order valence-corrected chi connectivity index (χ0v) is 24.2. The Bertz CT molecular complexity index is 1750. The average Bonchev–Trinajstić information content (AvgIpc) is 3.35. The Balaban J connectivity index is 1.39. The van der Waals surface area contributed by atoms with Gasteiger partial charge in [-0.15, -0.1) is 11.3 Å². The van der Waals surface area contributed by atoms with Crippen LogP contribution in [0.15, 0.2) is 72.9 Å². The van der Waals surface area contributed by atoms with Gasteiger partial charge in [0.1, 0.15) is 7.05 Å². The van der Waals surface area contributed by atoms with Crippen LogP contribution in [0.25, 0.3) is 42.6 Å². The van der Waals surface area contributed by atoms with Gasteiger partial charge in [0.15, 0.2) is 6.20 Å². The van der Waals surface area contributed by atoms with Crippen LogP contribution < -0.4 is 4.57 Å². The van der Waals surface area contributed by atoms with Crippen molar-refractivity contribution in [1.29, 1.82) is 0 Å². The third-order valence-electron chi connectivity index (χ3n) is 9.18. The SMILES string of the molecule is [2H]C1(c2ccc3c(c2)sc2cc(-c4cc(-c5ccccc5C)[n+](C)cc4C4([2H])CCCCC4)ccc23)CCCCC1. The third kappa shape index (κ3) is 4.72. The van der Waals surface area contributed by atoms with Crippen LogP contribution in [0.3, 0.4) is 0 Å². The Labute approximate surface area is 240 Å². The summed E-state index contributed by atoms with van der Waals surface area (Å²) in [5.41, 5.74) is 8.45. The molecule has 198 valence electrons. The minimum atomic E-state index is -0.554. The maximum Gasteiger partial charge on any atom is 0.213 e. The summed E-state index contributed by atoms with van der Waals surface area (Å²) in [6.07, 6.45) is 13.1. The van der Waals surface area contributed by atoms with E-state index in [1.54, 1.807) is 0 Å². The van der Waals surface area contributed by atoms with Gasteiger partial charge in [-0.1, -0.05) is 81.0 Å². The van der Waals surface area contributed by atoms with Gasteiger partial charge in [-0.25, -0.2) is 4.57 Å². The van der Waals surface area contributed by atoms with Crippen LogP contribution in [0, 0.1) is 6.92 Å². The molecule has 0 amide bonds. The van der Waals surface area contributed by atoms with E-state index in [9.17, 15) is 1.37 Å². The summed E-state index contributed by atoms with van der Waals surface area (Å²) in [6, 6.07) is 24.7. The third-order valence-corrected chi connectivity index (χ3v) is 10.3. The fourth-order valence-corrected chi connectivity index (χ4v) is 8.16. The number of rotatable bonds is 4. The van der Waals surface area contributed by atoms with E-state index in [1.165, 1.54) is 66.5 Å². The molecule has 2 aromatic heterocycles. The van der Waals surface area contributed by atoms with Crippen molar-refractivity contribution in [2.45, 2.75) is 82.9 Å². The lowest BCUT2D eigenvalue weighted by Gasteiger charge is -2.24. The molecule has 3 aromatic carbocycles. The van der Waals surface area contributed by atoms with Crippen molar-refractivity contribution in [1.82, 2.24) is 0 Å². The van der Waals surface area contributed by atoms with Gasteiger partial charge in [-0.2, -0.15) is 0 Å². The molecule has 0 unspecified atom stereocenters. The summed E-state index contributed by atoms with van der Waals surface area (Å²) in [4.78, 5) is 0.